The van der Waals surface area contributed by atoms with Gasteiger partial charge >= 0.3 is 0 Å². The number of para-hydroxylation sites is 2. The Hall–Kier alpha value is -3.77. The highest BCUT2D eigenvalue weighted by Gasteiger charge is 2.42. The summed E-state index contributed by atoms with van der Waals surface area (Å²) >= 11 is 6.33. The molecule has 7 heteroatoms. The largest absolute Gasteiger partial charge is 0.496 e. The van der Waals surface area contributed by atoms with Crippen molar-refractivity contribution in [3.05, 3.63) is 88.6 Å². The van der Waals surface area contributed by atoms with Gasteiger partial charge in [-0.05, 0) is 42.8 Å². The topological polar surface area (TPSA) is 67.9 Å². The van der Waals surface area contributed by atoms with E-state index in [2.05, 4.69) is 5.32 Å². The first-order valence-electron chi connectivity index (χ1n) is 9.89. The quantitative estimate of drug-likeness (QED) is 0.534. The van der Waals surface area contributed by atoms with Crippen molar-refractivity contribution in [3.8, 4) is 11.5 Å². The lowest BCUT2D eigenvalue weighted by molar-refractivity contribution is -0.120. The van der Waals surface area contributed by atoms with Crippen LogP contribution < -0.4 is 19.7 Å². The van der Waals surface area contributed by atoms with Gasteiger partial charge < -0.3 is 14.8 Å². The Morgan fingerprint density at radius 1 is 0.844 bits per heavy atom. The molecule has 32 heavy (non-hydrogen) atoms. The summed E-state index contributed by atoms with van der Waals surface area (Å²) in [5.41, 5.74) is 2.64. The van der Waals surface area contributed by atoms with Crippen LogP contribution in [0.15, 0.2) is 72.4 Å². The van der Waals surface area contributed by atoms with E-state index in [1.54, 1.807) is 61.7 Å². The minimum atomic E-state index is -0.521. The molecule has 0 radical (unpaired) electrons. The number of carbonyl (C=O) groups excluding carboxylic acids is 2. The zero-order valence-electron chi connectivity index (χ0n) is 17.8. The lowest BCUT2D eigenvalue weighted by Crippen LogP contribution is -2.32. The van der Waals surface area contributed by atoms with Gasteiger partial charge in [-0.2, -0.15) is 0 Å². The van der Waals surface area contributed by atoms with Crippen LogP contribution in [0.25, 0.3) is 5.57 Å². The number of carbonyl (C=O) groups is 2. The second kappa shape index (κ2) is 8.77. The Morgan fingerprint density at radius 2 is 1.53 bits per heavy atom. The number of benzene rings is 3. The molecule has 1 heterocycles. The summed E-state index contributed by atoms with van der Waals surface area (Å²) in [6, 6.07) is 19.3. The molecule has 1 aliphatic rings. The maximum Gasteiger partial charge on any atom is 0.282 e. The van der Waals surface area contributed by atoms with Gasteiger partial charge in [-0.3, -0.25) is 9.59 Å². The number of hydrogen-bond donors (Lipinski definition) is 1. The molecule has 0 bridgehead atoms. The third-order valence-corrected chi connectivity index (χ3v) is 5.49. The van der Waals surface area contributed by atoms with E-state index in [-0.39, 0.29) is 11.3 Å². The Morgan fingerprint density at radius 3 is 2.25 bits per heavy atom. The Kier molecular flexibility index (Phi) is 5.88. The molecule has 0 saturated carbocycles. The molecule has 162 valence electrons. The van der Waals surface area contributed by atoms with Crippen LogP contribution in [0.5, 0.6) is 11.5 Å². The summed E-state index contributed by atoms with van der Waals surface area (Å²) in [5, 5.41) is 3.44. The highest BCUT2D eigenvalue weighted by atomic mass is 35.5. The molecule has 4 rings (SSSR count). The number of hydrogen-bond acceptors (Lipinski definition) is 5. The number of imide groups is 1. The number of aryl methyl sites for hydroxylation is 1. The zero-order chi connectivity index (χ0) is 22.8. The number of amides is 2. The first kappa shape index (κ1) is 21.5. The molecule has 0 atom stereocenters. The van der Waals surface area contributed by atoms with Crippen LogP contribution in [0.1, 0.15) is 11.1 Å². The average Bonchev–Trinajstić information content (AvgIpc) is 3.03. The van der Waals surface area contributed by atoms with Gasteiger partial charge in [0, 0.05) is 5.56 Å². The van der Waals surface area contributed by atoms with E-state index in [0.29, 0.717) is 33.5 Å². The molecular formula is C25H21ClN2O4. The molecule has 0 saturated heterocycles. The summed E-state index contributed by atoms with van der Waals surface area (Å²) in [4.78, 5) is 28.3. The lowest BCUT2D eigenvalue weighted by Gasteiger charge is -2.17. The van der Waals surface area contributed by atoms with E-state index < -0.39 is 11.8 Å². The van der Waals surface area contributed by atoms with Crippen molar-refractivity contribution in [1.82, 2.24) is 0 Å². The molecule has 1 N–H and O–H groups in total. The normalized spacial score (nSPS) is 13.6. The van der Waals surface area contributed by atoms with Crippen molar-refractivity contribution in [2.24, 2.45) is 0 Å². The molecule has 2 amide bonds. The first-order valence-corrected chi connectivity index (χ1v) is 10.3. The van der Waals surface area contributed by atoms with Crippen molar-refractivity contribution >= 4 is 40.4 Å². The van der Waals surface area contributed by atoms with E-state index in [0.717, 1.165) is 10.5 Å². The van der Waals surface area contributed by atoms with Gasteiger partial charge in [0.1, 0.15) is 17.2 Å². The average molecular weight is 449 g/mol. The standard InChI is InChI=1S/C25H21ClN2O4/c1-15-12-13-21(32-3)18(14-15)27-23-22(16-8-4-7-11-20(16)31-2)24(29)28(25(23)30)19-10-6-5-9-17(19)26/h4-14,27H,1-3H3. The van der Waals surface area contributed by atoms with Crippen molar-refractivity contribution in [1.29, 1.82) is 0 Å². The molecule has 6 nitrogen and oxygen atoms in total. The number of methoxy groups -OCH3 is 2. The molecular weight excluding hydrogens is 428 g/mol. The van der Waals surface area contributed by atoms with Gasteiger partial charge in [-0.15, -0.1) is 0 Å². The molecule has 3 aromatic rings. The number of anilines is 2. The van der Waals surface area contributed by atoms with Crippen molar-refractivity contribution < 1.29 is 19.1 Å². The van der Waals surface area contributed by atoms with Crippen molar-refractivity contribution in [2.45, 2.75) is 6.92 Å². The highest BCUT2D eigenvalue weighted by Crippen LogP contribution is 2.40. The van der Waals surface area contributed by atoms with Gasteiger partial charge in [-0.25, -0.2) is 4.90 Å². The smallest absolute Gasteiger partial charge is 0.282 e. The van der Waals surface area contributed by atoms with Crippen LogP contribution in [0.4, 0.5) is 11.4 Å². The van der Waals surface area contributed by atoms with E-state index in [1.165, 1.54) is 7.11 Å². The fourth-order valence-corrected chi connectivity index (χ4v) is 3.87. The van der Waals surface area contributed by atoms with Crippen LogP contribution in [0.3, 0.4) is 0 Å². The van der Waals surface area contributed by atoms with Crippen molar-refractivity contribution in [3.63, 3.8) is 0 Å². The lowest BCUT2D eigenvalue weighted by atomic mass is 10.0. The second-order valence-corrected chi connectivity index (χ2v) is 7.58. The third kappa shape index (κ3) is 3.69. The molecule has 0 unspecified atom stereocenters. The highest BCUT2D eigenvalue weighted by molar-refractivity contribution is 6.48. The number of halogens is 1. The van der Waals surface area contributed by atoms with Crippen LogP contribution in [-0.2, 0) is 9.59 Å². The minimum Gasteiger partial charge on any atom is -0.496 e. The summed E-state index contributed by atoms with van der Waals surface area (Å²) < 4.78 is 10.9. The molecule has 0 aliphatic carbocycles. The first-order chi connectivity index (χ1) is 15.5. The molecule has 0 fully saturated rings. The SMILES string of the molecule is COc1ccc(C)cc1NC1=C(c2ccccc2OC)C(=O)N(c2ccccc2Cl)C1=O. The van der Waals surface area contributed by atoms with Crippen molar-refractivity contribution in [2.75, 3.05) is 24.4 Å². The summed E-state index contributed by atoms with van der Waals surface area (Å²) in [7, 11) is 3.06. The Bertz CT molecular complexity index is 1250. The summed E-state index contributed by atoms with van der Waals surface area (Å²) in [6.45, 7) is 1.93. The fourth-order valence-electron chi connectivity index (χ4n) is 3.65. The van der Waals surface area contributed by atoms with E-state index >= 15 is 0 Å². The van der Waals surface area contributed by atoms with Crippen LogP contribution >= 0.6 is 11.6 Å². The zero-order valence-corrected chi connectivity index (χ0v) is 18.6. The number of nitrogens with one attached hydrogen (secondary N) is 1. The maximum absolute atomic E-state index is 13.6. The van der Waals surface area contributed by atoms with Crippen LogP contribution in [-0.4, -0.2) is 26.0 Å². The van der Waals surface area contributed by atoms with E-state index in [4.69, 9.17) is 21.1 Å². The van der Waals surface area contributed by atoms with Crippen LogP contribution in [0, 0.1) is 6.92 Å². The van der Waals surface area contributed by atoms with Gasteiger partial charge in [0.25, 0.3) is 11.8 Å². The minimum absolute atomic E-state index is 0.114. The fraction of sp³-hybridized carbons (Fsp3) is 0.120. The summed E-state index contributed by atoms with van der Waals surface area (Å²) in [6.07, 6.45) is 0. The second-order valence-electron chi connectivity index (χ2n) is 7.18. The van der Waals surface area contributed by atoms with Crippen LogP contribution in [0.2, 0.25) is 5.02 Å². The molecule has 0 spiro atoms. The predicted octanol–water partition coefficient (Wildman–Crippen LogP) is 5.06. The Labute approximate surface area is 191 Å². The van der Waals surface area contributed by atoms with E-state index in [9.17, 15) is 9.59 Å². The van der Waals surface area contributed by atoms with E-state index in [1.807, 2.05) is 19.1 Å². The summed E-state index contributed by atoms with van der Waals surface area (Å²) in [5.74, 6) is -0.00614. The number of nitrogens with zero attached hydrogens (tertiary/aromatic N) is 1. The van der Waals surface area contributed by atoms with Gasteiger partial charge in [-0.1, -0.05) is 48.0 Å². The monoisotopic (exact) mass is 448 g/mol. The predicted molar refractivity (Wildman–Crippen MR) is 125 cm³/mol. The molecule has 0 aromatic heterocycles. The third-order valence-electron chi connectivity index (χ3n) is 5.17. The molecule has 1 aliphatic heterocycles. The number of rotatable bonds is 6. The molecule has 3 aromatic carbocycles. The van der Waals surface area contributed by atoms with Gasteiger partial charge in [0.2, 0.25) is 0 Å². The van der Waals surface area contributed by atoms with Gasteiger partial charge in [0.05, 0.1) is 36.2 Å². The Balaban J connectivity index is 1.91. The number of ether oxygens (including phenoxy) is 2. The maximum atomic E-state index is 13.6. The van der Waals surface area contributed by atoms with Gasteiger partial charge in [0.15, 0.2) is 0 Å².